The van der Waals surface area contributed by atoms with Gasteiger partial charge in [0.1, 0.15) is 12.4 Å². The summed E-state index contributed by atoms with van der Waals surface area (Å²) in [6.07, 6.45) is -4.46. The molecule has 0 radical (unpaired) electrons. The molecule has 2 aromatic rings. The van der Waals surface area contributed by atoms with Crippen LogP contribution in [0, 0.1) is 0 Å². The molecule has 0 N–H and O–H groups in total. The van der Waals surface area contributed by atoms with Crippen LogP contribution in [0.3, 0.4) is 0 Å². The third-order valence-corrected chi connectivity index (χ3v) is 4.19. The van der Waals surface area contributed by atoms with Crippen LogP contribution < -0.4 is 4.74 Å². The standard InChI is InChI=1S/C14H10ClF3O3S/c15-22(19,20)12-7-5-11(6-8-12)21-9-10-3-1-2-4-13(10)14(16,17)18/h1-8H,9H2. The molecule has 0 bridgehead atoms. The van der Waals surface area contributed by atoms with Gasteiger partial charge in [0, 0.05) is 16.2 Å². The van der Waals surface area contributed by atoms with Crippen LogP contribution in [0.5, 0.6) is 5.75 Å². The van der Waals surface area contributed by atoms with Crippen LogP contribution in [0.25, 0.3) is 0 Å². The smallest absolute Gasteiger partial charge is 0.416 e. The van der Waals surface area contributed by atoms with Crippen LogP contribution in [0.4, 0.5) is 13.2 Å². The summed E-state index contributed by atoms with van der Waals surface area (Å²) in [7, 11) is 1.32. The summed E-state index contributed by atoms with van der Waals surface area (Å²) in [6, 6.07) is 10.2. The van der Waals surface area contributed by atoms with Crippen molar-refractivity contribution in [1.29, 1.82) is 0 Å². The van der Waals surface area contributed by atoms with Gasteiger partial charge in [0.2, 0.25) is 0 Å². The van der Waals surface area contributed by atoms with E-state index in [-0.39, 0.29) is 22.8 Å². The number of rotatable bonds is 4. The molecule has 0 aliphatic heterocycles. The maximum Gasteiger partial charge on any atom is 0.416 e. The molecule has 0 unspecified atom stereocenters. The molecule has 0 amide bonds. The van der Waals surface area contributed by atoms with Gasteiger partial charge < -0.3 is 4.74 Å². The van der Waals surface area contributed by atoms with Gasteiger partial charge in [-0.05, 0) is 30.3 Å². The molecule has 0 aromatic heterocycles. The molecule has 22 heavy (non-hydrogen) atoms. The molecule has 118 valence electrons. The summed E-state index contributed by atoms with van der Waals surface area (Å²) in [5.74, 6) is 0.237. The van der Waals surface area contributed by atoms with Gasteiger partial charge in [0.15, 0.2) is 0 Å². The first-order valence-electron chi connectivity index (χ1n) is 6.00. The van der Waals surface area contributed by atoms with Crippen molar-refractivity contribution < 1.29 is 26.3 Å². The van der Waals surface area contributed by atoms with E-state index in [4.69, 9.17) is 15.4 Å². The van der Waals surface area contributed by atoms with Crippen molar-refractivity contribution in [3.8, 4) is 5.75 Å². The van der Waals surface area contributed by atoms with Crippen molar-refractivity contribution >= 4 is 19.7 Å². The highest BCUT2D eigenvalue weighted by Crippen LogP contribution is 2.32. The molecule has 0 aliphatic carbocycles. The second-order valence-corrected chi connectivity index (χ2v) is 6.92. The van der Waals surface area contributed by atoms with E-state index < -0.39 is 20.8 Å². The van der Waals surface area contributed by atoms with E-state index in [0.29, 0.717) is 0 Å². The first kappa shape index (κ1) is 16.6. The second-order valence-electron chi connectivity index (χ2n) is 4.35. The molecule has 0 atom stereocenters. The van der Waals surface area contributed by atoms with Gasteiger partial charge in [-0.2, -0.15) is 13.2 Å². The molecule has 2 rings (SSSR count). The van der Waals surface area contributed by atoms with Crippen molar-refractivity contribution in [2.75, 3.05) is 0 Å². The lowest BCUT2D eigenvalue weighted by molar-refractivity contribution is -0.138. The number of benzene rings is 2. The lowest BCUT2D eigenvalue weighted by Crippen LogP contribution is -2.10. The highest BCUT2D eigenvalue weighted by molar-refractivity contribution is 8.13. The van der Waals surface area contributed by atoms with Crippen molar-refractivity contribution in [2.24, 2.45) is 0 Å². The molecule has 2 aromatic carbocycles. The van der Waals surface area contributed by atoms with E-state index in [1.54, 1.807) is 0 Å². The Labute approximate surface area is 129 Å². The minimum Gasteiger partial charge on any atom is -0.489 e. The summed E-state index contributed by atoms with van der Waals surface area (Å²) in [5.41, 5.74) is -0.779. The topological polar surface area (TPSA) is 43.4 Å². The van der Waals surface area contributed by atoms with Crippen LogP contribution in [0.15, 0.2) is 53.4 Å². The largest absolute Gasteiger partial charge is 0.489 e. The fraction of sp³-hybridized carbons (Fsp3) is 0.143. The van der Waals surface area contributed by atoms with E-state index >= 15 is 0 Å². The predicted octanol–water partition coefficient (Wildman–Crippen LogP) is 4.21. The molecule has 0 saturated carbocycles. The third-order valence-electron chi connectivity index (χ3n) is 2.82. The van der Waals surface area contributed by atoms with Crippen molar-refractivity contribution in [3.05, 3.63) is 59.7 Å². The summed E-state index contributed by atoms with van der Waals surface area (Å²) >= 11 is 0. The van der Waals surface area contributed by atoms with Gasteiger partial charge in [-0.25, -0.2) is 8.42 Å². The summed E-state index contributed by atoms with van der Waals surface area (Å²) in [5, 5.41) is 0. The number of hydrogen-bond acceptors (Lipinski definition) is 3. The normalized spacial score (nSPS) is 12.2. The van der Waals surface area contributed by atoms with E-state index in [2.05, 4.69) is 0 Å². The highest BCUT2D eigenvalue weighted by atomic mass is 35.7. The third kappa shape index (κ3) is 4.14. The van der Waals surface area contributed by atoms with E-state index in [1.165, 1.54) is 42.5 Å². The molecule has 0 saturated heterocycles. The maximum absolute atomic E-state index is 12.8. The monoisotopic (exact) mass is 350 g/mol. The minimum atomic E-state index is -4.46. The van der Waals surface area contributed by atoms with Crippen LogP contribution in [-0.2, 0) is 21.8 Å². The SMILES string of the molecule is O=S(=O)(Cl)c1ccc(OCc2ccccc2C(F)(F)F)cc1. The van der Waals surface area contributed by atoms with Gasteiger partial charge in [-0.15, -0.1) is 0 Å². The van der Waals surface area contributed by atoms with Crippen molar-refractivity contribution in [1.82, 2.24) is 0 Å². The van der Waals surface area contributed by atoms with Crippen LogP contribution in [-0.4, -0.2) is 8.42 Å². The zero-order valence-corrected chi connectivity index (χ0v) is 12.5. The Bertz CT molecular complexity index is 756. The number of halogens is 4. The maximum atomic E-state index is 12.8. The van der Waals surface area contributed by atoms with Crippen LogP contribution >= 0.6 is 10.7 Å². The van der Waals surface area contributed by atoms with Gasteiger partial charge in [0.05, 0.1) is 10.5 Å². The summed E-state index contributed by atoms with van der Waals surface area (Å²) in [6.45, 7) is -0.289. The molecule has 0 fully saturated rings. The molecular weight excluding hydrogens is 341 g/mol. The summed E-state index contributed by atoms with van der Waals surface area (Å²) < 4.78 is 65.9. The van der Waals surface area contributed by atoms with Crippen LogP contribution in [0.2, 0.25) is 0 Å². The van der Waals surface area contributed by atoms with Crippen LogP contribution in [0.1, 0.15) is 11.1 Å². The first-order valence-corrected chi connectivity index (χ1v) is 8.31. The molecule has 0 spiro atoms. The van der Waals surface area contributed by atoms with Gasteiger partial charge in [-0.3, -0.25) is 0 Å². The Hall–Kier alpha value is -1.73. The quantitative estimate of drug-likeness (QED) is 0.776. The van der Waals surface area contributed by atoms with Gasteiger partial charge >= 0.3 is 6.18 Å². The molecule has 3 nitrogen and oxygen atoms in total. The Kier molecular flexibility index (Phi) is 4.67. The van der Waals surface area contributed by atoms with E-state index in [9.17, 15) is 21.6 Å². The zero-order valence-electron chi connectivity index (χ0n) is 11.0. The van der Waals surface area contributed by atoms with E-state index in [0.717, 1.165) is 6.07 Å². The number of alkyl halides is 3. The van der Waals surface area contributed by atoms with Gasteiger partial charge in [0.25, 0.3) is 9.05 Å². The minimum absolute atomic E-state index is 0.0101. The summed E-state index contributed by atoms with van der Waals surface area (Å²) in [4.78, 5) is -0.114. The van der Waals surface area contributed by atoms with Crippen molar-refractivity contribution in [2.45, 2.75) is 17.7 Å². The first-order chi connectivity index (χ1) is 10.2. The Morgan fingerprint density at radius 1 is 1.00 bits per heavy atom. The molecule has 8 heteroatoms. The fourth-order valence-corrected chi connectivity index (χ4v) is 2.55. The Morgan fingerprint density at radius 3 is 2.14 bits per heavy atom. The zero-order chi connectivity index (χ0) is 16.4. The Morgan fingerprint density at radius 2 is 1.59 bits per heavy atom. The molecule has 0 aliphatic rings. The van der Waals surface area contributed by atoms with Crippen molar-refractivity contribution in [3.63, 3.8) is 0 Å². The predicted molar refractivity (Wildman–Crippen MR) is 75.3 cm³/mol. The lowest BCUT2D eigenvalue weighted by Gasteiger charge is -2.13. The highest BCUT2D eigenvalue weighted by Gasteiger charge is 2.32. The number of ether oxygens (including phenoxy) is 1. The number of hydrogen-bond donors (Lipinski definition) is 0. The molecule has 0 heterocycles. The fourth-order valence-electron chi connectivity index (χ4n) is 1.78. The molecular formula is C14H10ClF3O3S. The van der Waals surface area contributed by atoms with Gasteiger partial charge in [-0.1, -0.05) is 18.2 Å². The Balaban J connectivity index is 2.14. The second kappa shape index (κ2) is 6.18. The average molecular weight is 351 g/mol. The average Bonchev–Trinajstić information content (AvgIpc) is 2.44. The lowest BCUT2D eigenvalue weighted by atomic mass is 10.1. The van der Waals surface area contributed by atoms with E-state index in [1.807, 2.05) is 0 Å².